The summed E-state index contributed by atoms with van der Waals surface area (Å²) in [6.07, 6.45) is 4.27. The molecule has 0 aliphatic rings. The lowest BCUT2D eigenvalue weighted by atomic mass is 10.1. The molecular formula is C17H25NO. The lowest BCUT2D eigenvalue weighted by molar-refractivity contribution is 0.350. The smallest absolute Gasteiger partial charge is 0.123 e. The molecule has 0 atom stereocenters. The summed E-state index contributed by atoms with van der Waals surface area (Å²) in [4.78, 5) is 4.46. The average Bonchev–Trinajstić information content (AvgIpc) is 2.35. The van der Waals surface area contributed by atoms with E-state index < -0.39 is 0 Å². The minimum absolute atomic E-state index is 0.566. The molecule has 0 fully saturated rings. The second-order valence-corrected chi connectivity index (χ2v) is 5.11. The Kier molecular flexibility index (Phi) is 6.34. The van der Waals surface area contributed by atoms with Crippen LogP contribution in [-0.4, -0.2) is 19.4 Å². The summed E-state index contributed by atoms with van der Waals surface area (Å²) >= 11 is 0. The third kappa shape index (κ3) is 5.29. The predicted octanol–water partition coefficient (Wildman–Crippen LogP) is 4.48. The molecule has 19 heavy (non-hydrogen) atoms. The van der Waals surface area contributed by atoms with Crippen molar-refractivity contribution in [3.63, 3.8) is 0 Å². The number of aryl methyl sites for hydroxylation is 2. The Morgan fingerprint density at radius 1 is 1.32 bits per heavy atom. The van der Waals surface area contributed by atoms with Crippen molar-refractivity contribution in [1.82, 2.24) is 0 Å². The highest BCUT2D eigenvalue weighted by molar-refractivity contribution is 5.82. The number of hydrogen-bond donors (Lipinski definition) is 0. The molecule has 0 bridgehead atoms. The molecule has 0 amide bonds. The molecule has 1 aromatic rings. The van der Waals surface area contributed by atoms with Gasteiger partial charge in [-0.3, -0.25) is 4.99 Å². The third-order valence-corrected chi connectivity index (χ3v) is 2.91. The van der Waals surface area contributed by atoms with Crippen LogP contribution in [0.1, 0.15) is 43.4 Å². The summed E-state index contributed by atoms with van der Waals surface area (Å²) < 4.78 is 5.76. The van der Waals surface area contributed by atoms with Crippen molar-refractivity contribution < 1.29 is 4.74 Å². The summed E-state index contributed by atoms with van der Waals surface area (Å²) in [7, 11) is 0. The molecule has 0 unspecified atom stereocenters. The maximum absolute atomic E-state index is 5.76. The van der Waals surface area contributed by atoms with E-state index in [1.54, 1.807) is 0 Å². The average molecular weight is 259 g/mol. The van der Waals surface area contributed by atoms with Crippen LogP contribution in [0.15, 0.2) is 29.3 Å². The van der Waals surface area contributed by atoms with Crippen molar-refractivity contribution in [2.75, 3.05) is 13.2 Å². The molecular weight excluding hydrogens is 234 g/mol. The fourth-order valence-corrected chi connectivity index (χ4v) is 1.76. The zero-order valence-electron chi connectivity index (χ0n) is 12.6. The van der Waals surface area contributed by atoms with Gasteiger partial charge in [0.2, 0.25) is 0 Å². The summed E-state index contributed by atoms with van der Waals surface area (Å²) in [5.74, 6) is 0.922. The maximum atomic E-state index is 5.76. The zero-order valence-corrected chi connectivity index (χ0v) is 12.6. The van der Waals surface area contributed by atoms with E-state index in [2.05, 4.69) is 44.5 Å². The first-order chi connectivity index (χ1) is 9.04. The van der Waals surface area contributed by atoms with Gasteiger partial charge in [-0.2, -0.15) is 0 Å². The predicted molar refractivity (Wildman–Crippen MR) is 83.6 cm³/mol. The van der Waals surface area contributed by atoms with Crippen LogP contribution in [0.4, 0.5) is 0 Å². The topological polar surface area (TPSA) is 21.6 Å². The van der Waals surface area contributed by atoms with Crippen molar-refractivity contribution in [1.29, 1.82) is 0 Å². The first kappa shape index (κ1) is 15.5. The molecule has 0 saturated heterocycles. The standard InChI is InChI=1S/C17H25NO/c1-6-7-8-18-11-16-10-17(19-12-13(2)3)15(5)9-14(16)4/h9-11H,2,6-8,12H2,1,3-5H3. The van der Waals surface area contributed by atoms with Crippen molar-refractivity contribution in [2.24, 2.45) is 4.99 Å². The highest BCUT2D eigenvalue weighted by Gasteiger charge is 2.04. The Labute approximate surface area is 117 Å². The van der Waals surface area contributed by atoms with Gasteiger partial charge in [0.25, 0.3) is 0 Å². The van der Waals surface area contributed by atoms with Crippen LogP contribution in [0.3, 0.4) is 0 Å². The van der Waals surface area contributed by atoms with Crippen molar-refractivity contribution in [3.05, 3.63) is 41.0 Å². The number of hydrogen-bond acceptors (Lipinski definition) is 2. The van der Waals surface area contributed by atoms with Crippen molar-refractivity contribution >= 4 is 6.21 Å². The van der Waals surface area contributed by atoms with E-state index in [0.29, 0.717) is 6.61 Å². The molecule has 0 spiro atoms. The summed E-state index contributed by atoms with van der Waals surface area (Å²) in [6.45, 7) is 13.6. The molecule has 104 valence electrons. The van der Waals surface area contributed by atoms with Gasteiger partial charge in [-0.1, -0.05) is 26.0 Å². The van der Waals surface area contributed by atoms with Gasteiger partial charge < -0.3 is 4.74 Å². The normalized spacial score (nSPS) is 10.9. The molecule has 0 heterocycles. The van der Waals surface area contributed by atoms with Gasteiger partial charge in [0.1, 0.15) is 12.4 Å². The van der Waals surface area contributed by atoms with Crippen LogP contribution in [0.2, 0.25) is 0 Å². The number of aliphatic imine (C=N–C) groups is 1. The van der Waals surface area contributed by atoms with Gasteiger partial charge in [0.05, 0.1) is 0 Å². The van der Waals surface area contributed by atoms with Gasteiger partial charge in [0, 0.05) is 12.8 Å². The quantitative estimate of drug-likeness (QED) is 0.402. The van der Waals surface area contributed by atoms with E-state index in [4.69, 9.17) is 4.74 Å². The Bertz CT molecular complexity index is 461. The first-order valence-electron chi connectivity index (χ1n) is 6.92. The number of unbranched alkanes of at least 4 members (excludes halogenated alkanes) is 1. The molecule has 1 rings (SSSR count). The molecule has 0 radical (unpaired) electrons. The van der Waals surface area contributed by atoms with Crippen LogP contribution >= 0.6 is 0 Å². The van der Waals surface area contributed by atoms with Gasteiger partial charge in [0.15, 0.2) is 0 Å². The van der Waals surface area contributed by atoms with Crippen molar-refractivity contribution in [3.8, 4) is 5.75 Å². The van der Waals surface area contributed by atoms with E-state index in [1.165, 1.54) is 12.0 Å². The fraction of sp³-hybridized carbons (Fsp3) is 0.471. The monoisotopic (exact) mass is 259 g/mol. The number of nitrogens with zero attached hydrogens (tertiary/aromatic N) is 1. The number of rotatable bonds is 7. The second kappa shape index (κ2) is 7.78. The Morgan fingerprint density at radius 3 is 2.68 bits per heavy atom. The first-order valence-corrected chi connectivity index (χ1v) is 6.92. The molecule has 2 nitrogen and oxygen atoms in total. The van der Waals surface area contributed by atoms with Crippen LogP contribution in [0.25, 0.3) is 0 Å². The van der Waals surface area contributed by atoms with Crippen LogP contribution in [0.5, 0.6) is 5.75 Å². The fourth-order valence-electron chi connectivity index (χ4n) is 1.76. The van der Waals surface area contributed by atoms with E-state index in [9.17, 15) is 0 Å². The summed E-state index contributed by atoms with van der Waals surface area (Å²) in [5.41, 5.74) is 4.56. The largest absolute Gasteiger partial charge is 0.489 e. The molecule has 0 aliphatic carbocycles. The number of benzene rings is 1. The van der Waals surface area contributed by atoms with E-state index in [-0.39, 0.29) is 0 Å². The van der Waals surface area contributed by atoms with Crippen LogP contribution in [0, 0.1) is 13.8 Å². The minimum atomic E-state index is 0.566. The van der Waals surface area contributed by atoms with E-state index in [0.717, 1.165) is 35.4 Å². The SMILES string of the molecule is C=C(C)COc1cc(C=NCCCC)c(C)cc1C. The molecule has 0 aliphatic heterocycles. The van der Waals surface area contributed by atoms with Gasteiger partial charge >= 0.3 is 0 Å². The highest BCUT2D eigenvalue weighted by Crippen LogP contribution is 2.22. The van der Waals surface area contributed by atoms with Gasteiger partial charge in [-0.25, -0.2) is 0 Å². The van der Waals surface area contributed by atoms with Gasteiger partial charge in [-0.15, -0.1) is 0 Å². The lowest BCUT2D eigenvalue weighted by Crippen LogP contribution is -2.01. The number of ether oxygens (including phenoxy) is 1. The Hall–Kier alpha value is -1.57. The van der Waals surface area contributed by atoms with Crippen LogP contribution < -0.4 is 4.74 Å². The van der Waals surface area contributed by atoms with E-state index >= 15 is 0 Å². The lowest BCUT2D eigenvalue weighted by Gasteiger charge is -2.11. The van der Waals surface area contributed by atoms with Crippen molar-refractivity contribution in [2.45, 2.75) is 40.5 Å². The molecule has 0 saturated carbocycles. The highest BCUT2D eigenvalue weighted by atomic mass is 16.5. The zero-order chi connectivity index (χ0) is 14.3. The van der Waals surface area contributed by atoms with Crippen LogP contribution in [-0.2, 0) is 0 Å². The molecule has 0 N–H and O–H groups in total. The van der Waals surface area contributed by atoms with Gasteiger partial charge in [-0.05, 0) is 55.5 Å². The summed E-state index contributed by atoms with van der Waals surface area (Å²) in [5, 5.41) is 0. The summed E-state index contributed by atoms with van der Waals surface area (Å²) in [6, 6.07) is 4.22. The Morgan fingerprint density at radius 2 is 2.05 bits per heavy atom. The minimum Gasteiger partial charge on any atom is -0.489 e. The third-order valence-electron chi connectivity index (χ3n) is 2.91. The maximum Gasteiger partial charge on any atom is 0.123 e. The molecule has 0 aromatic heterocycles. The Balaban J connectivity index is 2.83. The second-order valence-electron chi connectivity index (χ2n) is 5.11. The molecule has 2 heteroatoms. The van der Waals surface area contributed by atoms with E-state index in [1.807, 2.05) is 13.1 Å². The molecule has 1 aromatic carbocycles.